The topological polar surface area (TPSA) is 23.8 Å². The lowest BCUT2D eigenvalue weighted by atomic mass is 9.96. The van der Waals surface area contributed by atoms with Gasteiger partial charge in [-0.25, -0.2) is 0 Å². The molecule has 1 nitrogen and oxygen atoms in total. The van der Waals surface area contributed by atoms with Gasteiger partial charge in [0.1, 0.15) is 0 Å². The van der Waals surface area contributed by atoms with Gasteiger partial charge in [0.15, 0.2) is 0 Å². The van der Waals surface area contributed by atoms with Crippen LogP contribution in [0.3, 0.4) is 0 Å². The number of hydrogen-bond donors (Lipinski definition) is 0. The van der Waals surface area contributed by atoms with Crippen molar-refractivity contribution in [1.82, 2.24) is 0 Å². The Balaban J connectivity index is 2.53. The second-order valence-electron chi connectivity index (χ2n) is 4.90. The van der Waals surface area contributed by atoms with Gasteiger partial charge < -0.3 is 0 Å². The number of rotatable bonds is 4. The third-order valence-corrected chi connectivity index (χ3v) is 3.22. The SMILES string of the molecule is C=C/C=C\C(=C)c1cc(C#N)cc(-c2cccc(C)c2)c1. The molecule has 0 aliphatic carbocycles. The fourth-order valence-corrected chi connectivity index (χ4v) is 2.15. The molecule has 2 rings (SSSR count). The molecule has 0 saturated heterocycles. The minimum atomic E-state index is 0.636. The van der Waals surface area contributed by atoms with Gasteiger partial charge in [-0.15, -0.1) is 0 Å². The van der Waals surface area contributed by atoms with E-state index in [1.807, 2.05) is 30.4 Å². The molecular weight excluding hydrogens is 254 g/mol. The quantitative estimate of drug-likeness (QED) is 0.693. The molecule has 0 spiro atoms. The van der Waals surface area contributed by atoms with Crippen molar-refractivity contribution in [3.8, 4) is 17.2 Å². The predicted octanol–water partition coefficient (Wildman–Crippen LogP) is 5.29. The van der Waals surface area contributed by atoms with Crippen LogP contribution in [0.2, 0.25) is 0 Å². The number of nitrogens with zero attached hydrogens (tertiary/aromatic N) is 1. The molecule has 1 heteroatoms. The highest BCUT2D eigenvalue weighted by Gasteiger charge is 2.05. The fraction of sp³-hybridized carbons (Fsp3) is 0.0500. The summed E-state index contributed by atoms with van der Waals surface area (Å²) in [5.74, 6) is 0. The van der Waals surface area contributed by atoms with Gasteiger partial charge in [-0.05, 0) is 47.4 Å². The van der Waals surface area contributed by atoms with Crippen LogP contribution in [0.15, 0.2) is 73.9 Å². The molecule has 0 atom stereocenters. The molecule has 0 bridgehead atoms. The minimum absolute atomic E-state index is 0.636. The number of benzene rings is 2. The molecule has 0 aromatic heterocycles. The van der Waals surface area contributed by atoms with E-state index in [1.54, 1.807) is 6.08 Å². The summed E-state index contributed by atoms with van der Waals surface area (Å²) >= 11 is 0. The van der Waals surface area contributed by atoms with E-state index in [1.165, 1.54) is 5.56 Å². The van der Waals surface area contributed by atoms with Crippen LogP contribution >= 0.6 is 0 Å². The summed E-state index contributed by atoms with van der Waals surface area (Å²) in [6, 6.07) is 16.3. The molecule has 0 fully saturated rings. The summed E-state index contributed by atoms with van der Waals surface area (Å²) in [5, 5.41) is 9.23. The highest BCUT2D eigenvalue weighted by Crippen LogP contribution is 2.26. The number of aryl methyl sites for hydroxylation is 1. The first kappa shape index (κ1) is 14.6. The Bertz CT molecular complexity index is 758. The molecule has 0 radical (unpaired) electrons. The van der Waals surface area contributed by atoms with E-state index in [2.05, 4.69) is 50.4 Å². The molecule has 0 saturated carbocycles. The Morgan fingerprint density at radius 3 is 2.62 bits per heavy atom. The molecule has 0 aliphatic rings. The highest BCUT2D eigenvalue weighted by atomic mass is 14.2. The summed E-state index contributed by atoms with van der Waals surface area (Å²) in [6.07, 6.45) is 5.44. The van der Waals surface area contributed by atoms with Gasteiger partial charge in [0.2, 0.25) is 0 Å². The summed E-state index contributed by atoms with van der Waals surface area (Å²) in [4.78, 5) is 0. The van der Waals surface area contributed by atoms with Crippen molar-refractivity contribution in [2.45, 2.75) is 6.92 Å². The van der Waals surface area contributed by atoms with Gasteiger partial charge in [0.25, 0.3) is 0 Å². The second kappa shape index (κ2) is 6.54. The van der Waals surface area contributed by atoms with Crippen molar-refractivity contribution in [1.29, 1.82) is 5.26 Å². The molecule has 2 aromatic carbocycles. The smallest absolute Gasteiger partial charge is 0.0992 e. The first-order valence-electron chi connectivity index (χ1n) is 6.74. The van der Waals surface area contributed by atoms with Gasteiger partial charge in [-0.2, -0.15) is 5.26 Å². The lowest BCUT2D eigenvalue weighted by molar-refractivity contribution is 1.45. The average molecular weight is 271 g/mol. The molecule has 0 N–H and O–H groups in total. The summed E-state index contributed by atoms with van der Waals surface area (Å²) in [5.41, 5.74) is 5.78. The lowest BCUT2D eigenvalue weighted by Crippen LogP contribution is -1.87. The Kier molecular flexibility index (Phi) is 4.53. The summed E-state index contributed by atoms with van der Waals surface area (Å²) < 4.78 is 0. The van der Waals surface area contributed by atoms with Crippen molar-refractivity contribution in [3.05, 3.63) is 90.5 Å². The van der Waals surface area contributed by atoms with Gasteiger partial charge in [0, 0.05) is 0 Å². The van der Waals surface area contributed by atoms with Gasteiger partial charge >= 0.3 is 0 Å². The van der Waals surface area contributed by atoms with Crippen LogP contribution in [0.25, 0.3) is 16.7 Å². The molecular formula is C20H17N. The lowest BCUT2D eigenvalue weighted by Gasteiger charge is -2.08. The van der Waals surface area contributed by atoms with Gasteiger partial charge in [0.05, 0.1) is 11.6 Å². The normalized spacial score (nSPS) is 10.3. The van der Waals surface area contributed by atoms with E-state index in [-0.39, 0.29) is 0 Å². The van der Waals surface area contributed by atoms with Gasteiger partial charge in [-0.3, -0.25) is 0 Å². The largest absolute Gasteiger partial charge is 0.192 e. The van der Waals surface area contributed by atoms with Crippen molar-refractivity contribution in [2.24, 2.45) is 0 Å². The Morgan fingerprint density at radius 1 is 1.14 bits per heavy atom. The summed E-state index contributed by atoms with van der Waals surface area (Å²) in [6.45, 7) is 9.76. The van der Waals surface area contributed by atoms with Crippen LogP contribution in [0, 0.1) is 18.3 Å². The van der Waals surface area contributed by atoms with E-state index in [0.29, 0.717) is 5.56 Å². The monoisotopic (exact) mass is 271 g/mol. The fourth-order valence-electron chi connectivity index (χ4n) is 2.15. The Morgan fingerprint density at radius 2 is 1.95 bits per heavy atom. The Labute approximate surface area is 126 Å². The third kappa shape index (κ3) is 3.58. The van der Waals surface area contributed by atoms with Crippen LogP contribution in [-0.2, 0) is 0 Å². The van der Waals surface area contributed by atoms with Crippen molar-refractivity contribution in [2.75, 3.05) is 0 Å². The van der Waals surface area contributed by atoms with E-state index >= 15 is 0 Å². The zero-order chi connectivity index (χ0) is 15.2. The van der Waals surface area contributed by atoms with Crippen LogP contribution in [0.1, 0.15) is 16.7 Å². The van der Waals surface area contributed by atoms with E-state index in [9.17, 15) is 5.26 Å². The minimum Gasteiger partial charge on any atom is -0.192 e. The van der Waals surface area contributed by atoms with E-state index in [4.69, 9.17) is 0 Å². The average Bonchev–Trinajstić information content (AvgIpc) is 2.52. The molecule has 0 unspecified atom stereocenters. The molecule has 2 aromatic rings. The molecule has 21 heavy (non-hydrogen) atoms. The molecule has 0 heterocycles. The zero-order valence-corrected chi connectivity index (χ0v) is 12.1. The van der Waals surface area contributed by atoms with Crippen LogP contribution < -0.4 is 0 Å². The third-order valence-electron chi connectivity index (χ3n) is 3.22. The maximum absolute atomic E-state index is 9.23. The number of hydrogen-bond acceptors (Lipinski definition) is 1. The molecule has 102 valence electrons. The predicted molar refractivity (Wildman–Crippen MR) is 89.7 cm³/mol. The van der Waals surface area contributed by atoms with Gasteiger partial charge in [-0.1, -0.05) is 61.2 Å². The van der Waals surface area contributed by atoms with Crippen molar-refractivity contribution >= 4 is 5.57 Å². The van der Waals surface area contributed by atoms with Crippen molar-refractivity contribution < 1.29 is 0 Å². The maximum Gasteiger partial charge on any atom is 0.0992 e. The van der Waals surface area contributed by atoms with Crippen molar-refractivity contribution in [3.63, 3.8) is 0 Å². The summed E-state index contributed by atoms with van der Waals surface area (Å²) in [7, 11) is 0. The zero-order valence-electron chi connectivity index (χ0n) is 12.1. The Hall–Kier alpha value is -2.85. The van der Waals surface area contributed by atoms with E-state index < -0.39 is 0 Å². The molecule has 0 aliphatic heterocycles. The molecule has 0 amide bonds. The first-order chi connectivity index (χ1) is 10.1. The number of nitriles is 1. The first-order valence-corrected chi connectivity index (χ1v) is 6.74. The standard InChI is InChI=1S/C20H17N/c1-4-5-8-16(3)19-11-17(14-21)12-20(13-19)18-9-6-7-15(2)10-18/h4-13H,1,3H2,2H3/b8-5-. The van der Waals surface area contributed by atoms with Crippen LogP contribution in [0.5, 0.6) is 0 Å². The highest BCUT2D eigenvalue weighted by molar-refractivity contribution is 5.78. The van der Waals surface area contributed by atoms with E-state index in [0.717, 1.165) is 22.3 Å². The maximum atomic E-state index is 9.23. The second-order valence-corrected chi connectivity index (χ2v) is 4.90. The van der Waals surface area contributed by atoms with Crippen LogP contribution in [0.4, 0.5) is 0 Å². The van der Waals surface area contributed by atoms with Crippen LogP contribution in [-0.4, -0.2) is 0 Å². The number of allylic oxidation sites excluding steroid dienone is 4.